The van der Waals surface area contributed by atoms with Crippen molar-refractivity contribution in [3.63, 3.8) is 0 Å². The first-order valence-electron chi connectivity index (χ1n) is 5.66. The second kappa shape index (κ2) is 5.71. The Kier molecular flexibility index (Phi) is 4.21. The minimum Gasteiger partial charge on any atom is -0.493 e. The number of rotatable bonds is 4. The van der Waals surface area contributed by atoms with Gasteiger partial charge in [0.2, 0.25) is 0 Å². The van der Waals surface area contributed by atoms with E-state index in [0.717, 1.165) is 21.4 Å². The predicted molar refractivity (Wildman–Crippen MR) is 78.1 cm³/mol. The maximum absolute atomic E-state index is 11.1. The first-order valence-corrected chi connectivity index (χ1v) is 7.27. The number of benzene rings is 1. The van der Waals surface area contributed by atoms with Gasteiger partial charge in [0.25, 0.3) is 0 Å². The van der Waals surface area contributed by atoms with Gasteiger partial charge in [-0.2, -0.15) is 0 Å². The number of carbonyl (C=O) groups is 1. The molecule has 1 heterocycles. The molecule has 2 rings (SSSR count). The summed E-state index contributed by atoms with van der Waals surface area (Å²) in [5.41, 5.74) is 1.33. The van der Waals surface area contributed by atoms with Gasteiger partial charge in [0.05, 0.1) is 17.9 Å². The average molecular weight is 342 g/mol. The van der Waals surface area contributed by atoms with Gasteiger partial charge in [0, 0.05) is 4.47 Å². The zero-order valence-corrected chi connectivity index (χ0v) is 12.8. The largest absolute Gasteiger partial charge is 0.493 e. The maximum Gasteiger partial charge on any atom is 0.347 e. The molecule has 1 N–H and O–H groups in total. The van der Waals surface area contributed by atoms with Gasteiger partial charge in [0.15, 0.2) is 0 Å². The molecular weight excluding hydrogens is 330 g/mol. The van der Waals surface area contributed by atoms with Crippen molar-refractivity contribution in [2.75, 3.05) is 6.61 Å². The summed E-state index contributed by atoms with van der Waals surface area (Å²) in [5.74, 6) is -0.245. The third-order valence-corrected chi connectivity index (χ3v) is 4.13. The van der Waals surface area contributed by atoms with Crippen molar-refractivity contribution in [2.24, 2.45) is 0 Å². The number of carboxylic acids is 1. The molecule has 0 radical (unpaired) electrons. The molecule has 2 aromatic rings. The molecule has 0 bridgehead atoms. The fourth-order valence-corrected chi connectivity index (χ4v) is 2.95. The molecule has 0 aliphatic carbocycles. The number of ether oxygens (including phenoxy) is 1. The molecule has 0 spiro atoms. The molecule has 0 aliphatic heterocycles. The quantitative estimate of drug-likeness (QED) is 0.913. The Bertz CT molecular complexity index is 624. The lowest BCUT2D eigenvalue weighted by Gasteiger charge is -2.08. The Morgan fingerprint density at radius 3 is 2.84 bits per heavy atom. The van der Waals surface area contributed by atoms with Crippen molar-refractivity contribution in [3.05, 3.63) is 33.2 Å². The van der Waals surface area contributed by atoms with E-state index in [4.69, 9.17) is 9.84 Å². The summed E-state index contributed by atoms with van der Waals surface area (Å²) in [5, 5.41) is 9.74. The number of halogens is 1. The van der Waals surface area contributed by atoms with Gasteiger partial charge >= 0.3 is 5.97 Å². The van der Waals surface area contributed by atoms with Crippen molar-refractivity contribution in [1.82, 2.24) is 4.98 Å². The highest BCUT2D eigenvalue weighted by Crippen LogP contribution is 2.36. The first kappa shape index (κ1) is 14.0. The minimum atomic E-state index is -0.950. The summed E-state index contributed by atoms with van der Waals surface area (Å²) in [7, 11) is 0. The Labute approximate surface area is 123 Å². The highest BCUT2D eigenvalue weighted by molar-refractivity contribution is 9.10. The van der Waals surface area contributed by atoms with Gasteiger partial charge in [-0.25, -0.2) is 9.78 Å². The minimum absolute atomic E-state index is 0.262. The molecule has 0 fully saturated rings. The fraction of sp³-hybridized carbons (Fsp3) is 0.231. The number of aryl methyl sites for hydroxylation is 1. The highest BCUT2D eigenvalue weighted by Gasteiger charge is 2.17. The van der Waals surface area contributed by atoms with E-state index in [1.165, 1.54) is 0 Å². The lowest BCUT2D eigenvalue weighted by Crippen LogP contribution is -1.94. The highest BCUT2D eigenvalue weighted by atomic mass is 79.9. The third kappa shape index (κ3) is 2.96. The molecule has 0 unspecified atom stereocenters. The number of aromatic nitrogens is 1. The number of aromatic carboxylic acids is 1. The van der Waals surface area contributed by atoms with E-state index in [-0.39, 0.29) is 4.88 Å². The van der Waals surface area contributed by atoms with Crippen LogP contribution in [0.4, 0.5) is 0 Å². The molecule has 1 aromatic heterocycles. The first-order chi connectivity index (χ1) is 9.02. The van der Waals surface area contributed by atoms with E-state index in [1.54, 1.807) is 6.92 Å². The Balaban J connectivity index is 2.54. The summed E-state index contributed by atoms with van der Waals surface area (Å²) < 4.78 is 6.45. The molecule has 19 heavy (non-hydrogen) atoms. The molecule has 0 atom stereocenters. The molecule has 0 saturated heterocycles. The number of hydrogen-bond donors (Lipinski definition) is 1. The summed E-state index contributed by atoms with van der Waals surface area (Å²) in [6.07, 6.45) is 0. The van der Waals surface area contributed by atoms with Crippen LogP contribution < -0.4 is 4.74 Å². The van der Waals surface area contributed by atoms with Crippen molar-refractivity contribution in [2.45, 2.75) is 13.8 Å². The van der Waals surface area contributed by atoms with Gasteiger partial charge in [-0.1, -0.05) is 15.9 Å². The molecule has 0 saturated carbocycles. The Hall–Kier alpha value is -1.40. The summed E-state index contributed by atoms with van der Waals surface area (Å²) >= 11 is 4.56. The predicted octanol–water partition coefficient (Wildman–Crippen LogP) is 3.98. The van der Waals surface area contributed by atoms with Gasteiger partial charge in [-0.15, -0.1) is 11.3 Å². The van der Waals surface area contributed by atoms with Gasteiger partial charge in [-0.05, 0) is 32.0 Å². The van der Waals surface area contributed by atoms with Crippen LogP contribution in [0.15, 0.2) is 22.7 Å². The van der Waals surface area contributed by atoms with Crippen molar-refractivity contribution < 1.29 is 14.6 Å². The third-order valence-electron chi connectivity index (χ3n) is 2.46. The standard InChI is InChI=1S/C13H12BrNO3S/c1-3-18-10-5-4-8(14)6-9(10)12-15-7(2)11(19-12)13(16)17/h4-6H,3H2,1-2H3,(H,16,17). The van der Waals surface area contributed by atoms with Gasteiger partial charge in [0.1, 0.15) is 15.6 Å². The molecule has 6 heteroatoms. The van der Waals surface area contributed by atoms with Crippen LogP contribution in [0.3, 0.4) is 0 Å². The van der Waals surface area contributed by atoms with E-state index < -0.39 is 5.97 Å². The summed E-state index contributed by atoms with van der Waals surface area (Å²) in [6, 6.07) is 5.61. The zero-order valence-electron chi connectivity index (χ0n) is 10.4. The van der Waals surface area contributed by atoms with Gasteiger partial charge < -0.3 is 9.84 Å². The van der Waals surface area contributed by atoms with Gasteiger partial charge in [-0.3, -0.25) is 0 Å². The van der Waals surface area contributed by atoms with Crippen LogP contribution in [0.1, 0.15) is 22.3 Å². The van der Waals surface area contributed by atoms with E-state index in [1.807, 2.05) is 25.1 Å². The summed E-state index contributed by atoms with van der Waals surface area (Å²) in [4.78, 5) is 15.7. The Morgan fingerprint density at radius 2 is 2.26 bits per heavy atom. The monoisotopic (exact) mass is 341 g/mol. The molecule has 1 aromatic carbocycles. The van der Waals surface area contributed by atoms with E-state index >= 15 is 0 Å². The van der Waals surface area contributed by atoms with Crippen molar-refractivity contribution >= 4 is 33.2 Å². The lowest BCUT2D eigenvalue weighted by molar-refractivity contribution is 0.0701. The van der Waals surface area contributed by atoms with E-state index in [0.29, 0.717) is 23.1 Å². The molecule has 0 aliphatic rings. The van der Waals surface area contributed by atoms with Crippen molar-refractivity contribution in [3.8, 4) is 16.3 Å². The normalized spacial score (nSPS) is 10.5. The SMILES string of the molecule is CCOc1ccc(Br)cc1-c1nc(C)c(C(=O)O)s1. The van der Waals surface area contributed by atoms with E-state index in [2.05, 4.69) is 20.9 Å². The summed E-state index contributed by atoms with van der Waals surface area (Å²) in [6.45, 7) is 4.15. The fourth-order valence-electron chi connectivity index (χ4n) is 1.66. The second-order valence-corrected chi connectivity index (χ2v) is 5.73. The molecule has 100 valence electrons. The molecular formula is C13H12BrNO3S. The zero-order chi connectivity index (χ0) is 14.0. The number of carboxylic acid groups (broad SMARTS) is 1. The molecule has 4 nitrogen and oxygen atoms in total. The van der Waals surface area contributed by atoms with Crippen LogP contribution in [-0.4, -0.2) is 22.7 Å². The molecule has 0 amide bonds. The number of nitrogens with zero attached hydrogens (tertiary/aromatic N) is 1. The smallest absolute Gasteiger partial charge is 0.347 e. The topological polar surface area (TPSA) is 59.4 Å². The number of thiazole rings is 1. The van der Waals surface area contributed by atoms with Crippen LogP contribution in [0, 0.1) is 6.92 Å². The van der Waals surface area contributed by atoms with Crippen LogP contribution >= 0.6 is 27.3 Å². The van der Waals surface area contributed by atoms with Crippen molar-refractivity contribution in [1.29, 1.82) is 0 Å². The van der Waals surface area contributed by atoms with Crippen LogP contribution in [0.5, 0.6) is 5.75 Å². The lowest BCUT2D eigenvalue weighted by atomic mass is 10.2. The Morgan fingerprint density at radius 1 is 1.53 bits per heavy atom. The van der Waals surface area contributed by atoms with E-state index in [9.17, 15) is 4.79 Å². The number of hydrogen-bond acceptors (Lipinski definition) is 4. The van der Waals surface area contributed by atoms with Crippen LogP contribution in [0.2, 0.25) is 0 Å². The van der Waals surface area contributed by atoms with Crippen LogP contribution in [0.25, 0.3) is 10.6 Å². The maximum atomic E-state index is 11.1. The van der Waals surface area contributed by atoms with Crippen LogP contribution in [-0.2, 0) is 0 Å². The average Bonchev–Trinajstić information content (AvgIpc) is 2.74. The second-order valence-electron chi connectivity index (χ2n) is 3.81.